The maximum absolute atomic E-state index is 6.25. The van der Waals surface area contributed by atoms with Gasteiger partial charge in [-0.25, -0.2) is 15.0 Å². The van der Waals surface area contributed by atoms with Crippen molar-refractivity contribution < 1.29 is 4.42 Å². The Morgan fingerprint density at radius 1 is 0.423 bits per heavy atom. The second-order valence-electron chi connectivity index (χ2n) is 13.1. The quantitative estimate of drug-likeness (QED) is 0.187. The number of benzene rings is 7. The molecule has 0 radical (unpaired) electrons. The first-order valence-corrected chi connectivity index (χ1v) is 17.3. The molecule has 0 N–H and O–H groups in total. The SMILES string of the molecule is c1ccc2cc(-c3nc(-c4ccc5c(c4)oc4ccncc45)nc(-c4ccc(-n5c6ccccc6c6ccccc65)c5ccccc45)n3)ccc2c1. The van der Waals surface area contributed by atoms with Gasteiger partial charge in [0.1, 0.15) is 11.2 Å². The molecule has 0 unspecified atom stereocenters. The van der Waals surface area contributed by atoms with Gasteiger partial charge in [-0.1, -0.05) is 103 Å². The molecule has 0 saturated heterocycles. The topological polar surface area (TPSA) is 69.6 Å². The van der Waals surface area contributed by atoms with Gasteiger partial charge in [0, 0.05) is 56.0 Å². The van der Waals surface area contributed by atoms with Crippen molar-refractivity contribution in [2.45, 2.75) is 0 Å². The first kappa shape index (κ1) is 28.6. The van der Waals surface area contributed by atoms with Gasteiger partial charge in [0.2, 0.25) is 0 Å². The van der Waals surface area contributed by atoms with Crippen LogP contribution < -0.4 is 0 Å². The lowest BCUT2D eigenvalue weighted by atomic mass is 10.0. The highest BCUT2D eigenvalue weighted by Gasteiger charge is 2.19. The molecule has 0 saturated carbocycles. The molecule has 4 heterocycles. The van der Waals surface area contributed by atoms with Gasteiger partial charge in [0.25, 0.3) is 0 Å². The molecule has 0 amide bonds. The van der Waals surface area contributed by atoms with Crippen molar-refractivity contribution in [1.29, 1.82) is 0 Å². The molecule has 11 rings (SSSR count). The zero-order valence-electron chi connectivity index (χ0n) is 27.7. The molecular formula is C46H27N5O. The van der Waals surface area contributed by atoms with Crippen molar-refractivity contribution in [3.63, 3.8) is 0 Å². The van der Waals surface area contributed by atoms with Gasteiger partial charge >= 0.3 is 0 Å². The van der Waals surface area contributed by atoms with E-state index in [1.54, 1.807) is 6.20 Å². The number of rotatable bonds is 4. The Bertz CT molecular complexity index is 3160. The monoisotopic (exact) mass is 665 g/mol. The lowest BCUT2D eigenvalue weighted by Gasteiger charge is -2.15. The number of aromatic nitrogens is 5. The predicted octanol–water partition coefficient (Wildman–Crippen LogP) is 11.6. The van der Waals surface area contributed by atoms with Gasteiger partial charge in [-0.3, -0.25) is 4.98 Å². The fourth-order valence-corrected chi connectivity index (χ4v) is 7.70. The van der Waals surface area contributed by atoms with Crippen LogP contribution >= 0.6 is 0 Å². The highest BCUT2D eigenvalue weighted by Crippen LogP contribution is 2.38. The number of pyridine rings is 1. The highest BCUT2D eigenvalue weighted by atomic mass is 16.3. The molecule has 11 aromatic rings. The molecule has 52 heavy (non-hydrogen) atoms. The van der Waals surface area contributed by atoms with Crippen LogP contribution in [-0.2, 0) is 0 Å². The predicted molar refractivity (Wildman–Crippen MR) is 211 cm³/mol. The molecule has 0 spiro atoms. The first-order valence-electron chi connectivity index (χ1n) is 17.3. The highest BCUT2D eigenvalue weighted by molar-refractivity contribution is 6.11. The van der Waals surface area contributed by atoms with Crippen LogP contribution in [0.1, 0.15) is 0 Å². The molecule has 0 atom stereocenters. The van der Waals surface area contributed by atoms with Crippen molar-refractivity contribution in [3.05, 3.63) is 164 Å². The maximum Gasteiger partial charge on any atom is 0.164 e. The standard InChI is InChI=1S/C46H27N5O/c1-2-10-29-25-30(18-17-28(29)9-1)44-48-45(31-19-20-36-38-27-47-24-23-42(38)52-43(36)26-31)50-46(49-44)37-21-22-41(33-12-4-3-11-32(33)37)51-39-15-7-5-13-34(39)35-14-6-8-16-40(35)51/h1-27H. The van der Waals surface area contributed by atoms with Crippen LogP contribution in [-0.4, -0.2) is 24.5 Å². The van der Waals surface area contributed by atoms with Crippen LogP contribution in [0.5, 0.6) is 0 Å². The van der Waals surface area contributed by atoms with Crippen molar-refractivity contribution in [2.75, 3.05) is 0 Å². The van der Waals surface area contributed by atoms with Gasteiger partial charge in [0.05, 0.1) is 16.7 Å². The van der Waals surface area contributed by atoms with Crippen LogP contribution in [0.25, 0.3) is 105 Å². The summed E-state index contributed by atoms with van der Waals surface area (Å²) < 4.78 is 8.62. The molecule has 0 fully saturated rings. The van der Waals surface area contributed by atoms with E-state index in [0.29, 0.717) is 17.5 Å². The normalized spacial score (nSPS) is 11.8. The largest absolute Gasteiger partial charge is 0.456 e. The summed E-state index contributed by atoms with van der Waals surface area (Å²) in [5.41, 5.74) is 7.69. The Morgan fingerprint density at radius 2 is 1.06 bits per heavy atom. The van der Waals surface area contributed by atoms with Gasteiger partial charge in [-0.15, -0.1) is 0 Å². The summed E-state index contributed by atoms with van der Waals surface area (Å²) in [5.74, 6) is 1.78. The zero-order valence-corrected chi connectivity index (χ0v) is 27.7. The minimum Gasteiger partial charge on any atom is -0.456 e. The molecule has 242 valence electrons. The third-order valence-electron chi connectivity index (χ3n) is 10.1. The molecular weight excluding hydrogens is 639 g/mol. The number of hydrogen-bond donors (Lipinski definition) is 0. The van der Waals surface area contributed by atoms with E-state index in [-0.39, 0.29) is 0 Å². The summed E-state index contributed by atoms with van der Waals surface area (Å²) in [4.78, 5) is 19.8. The van der Waals surface area contributed by atoms with E-state index in [1.165, 1.54) is 21.8 Å². The van der Waals surface area contributed by atoms with E-state index in [1.807, 2.05) is 18.3 Å². The van der Waals surface area contributed by atoms with E-state index in [9.17, 15) is 0 Å². The smallest absolute Gasteiger partial charge is 0.164 e. The van der Waals surface area contributed by atoms with Gasteiger partial charge in [0.15, 0.2) is 17.5 Å². The third kappa shape index (κ3) is 4.38. The lowest BCUT2D eigenvalue weighted by Crippen LogP contribution is -2.02. The summed E-state index contributed by atoms with van der Waals surface area (Å²) >= 11 is 0. The van der Waals surface area contributed by atoms with Crippen molar-refractivity contribution in [2.24, 2.45) is 0 Å². The van der Waals surface area contributed by atoms with E-state index < -0.39 is 0 Å². The fraction of sp³-hybridized carbons (Fsp3) is 0. The molecule has 6 heteroatoms. The molecule has 0 aliphatic carbocycles. The van der Waals surface area contributed by atoms with Gasteiger partial charge < -0.3 is 8.98 Å². The van der Waals surface area contributed by atoms with Gasteiger partial charge in [-0.05, 0) is 64.7 Å². The van der Waals surface area contributed by atoms with Crippen LogP contribution in [0.4, 0.5) is 0 Å². The number of hydrogen-bond acceptors (Lipinski definition) is 5. The summed E-state index contributed by atoms with van der Waals surface area (Å²) in [6, 6.07) is 52.8. The summed E-state index contributed by atoms with van der Waals surface area (Å²) in [5, 5.41) is 8.90. The number of para-hydroxylation sites is 2. The summed E-state index contributed by atoms with van der Waals surface area (Å²) in [6.07, 6.45) is 3.59. The van der Waals surface area contributed by atoms with Crippen LogP contribution in [0.15, 0.2) is 168 Å². The first-order chi connectivity index (χ1) is 25.8. The number of nitrogens with zero attached hydrogens (tertiary/aromatic N) is 5. The fourth-order valence-electron chi connectivity index (χ4n) is 7.70. The molecule has 4 aromatic heterocycles. The van der Waals surface area contributed by atoms with Crippen molar-refractivity contribution in [1.82, 2.24) is 24.5 Å². The molecule has 7 aromatic carbocycles. The average Bonchev–Trinajstić information content (AvgIpc) is 3.75. The summed E-state index contributed by atoms with van der Waals surface area (Å²) in [7, 11) is 0. The van der Waals surface area contributed by atoms with Crippen LogP contribution in [0.3, 0.4) is 0 Å². The van der Waals surface area contributed by atoms with E-state index >= 15 is 0 Å². The van der Waals surface area contributed by atoms with E-state index in [0.717, 1.165) is 65.9 Å². The van der Waals surface area contributed by atoms with Gasteiger partial charge in [-0.2, -0.15) is 0 Å². The molecule has 0 aliphatic rings. The van der Waals surface area contributed by atoms with E-state index in [4.69, 9.17) is 19.4 Å². The maximum atomic E-state index is 6.25. The average molecular weight is 666 g/mol. The van der Waals surface area contributed by atoms with Crippen molar-refractivity contribution >= 4 is 65.3 Å². The van der Waals surface area contributed by atoms with Crippen LogP contribution in [0, 0.1) is 0 Å². The number of fused-ring (bicyclic) bond motifs is 8. The minimum atomic E-state index is 0.573. The molecule has 6 nitrogen and oxygen atoms in total. The van der Waals surface area contributed by atoms with E-state index in [2.05, 4.69) is 149 Å². The Kier molecular flexibility index (Phi) is 6.15. The second-order valence-corrected chi connectivity index (χ2v) is 13.1. The Morgan fingerprint density at radius 3 is 1.85 bits per heavy atom. The molecule has 0 bridgehead atoms. The van der Waals surface area contributed by atoms with Crippen molar-refractivity contribution in [3.8, 4) is 39.9 Å². The Hall–Kier alpha value is -7.18. The third-order valence-corrected chi connectivity index (χ3v) is 10.1. The Labute approximate surface area is 297 Å². The Balaban J connectivity index is 1.15. The second kappa shape index (κ2) is 11.2. The summed E-state index contributed by atoms with van der Waals surface area (Å²) in [6.45, 7) is 0. The lowest BCUT2D eigenvalue weighted by molar-refractivity contribution is 0.668. The minimum absolute atomic E-state index is 0.573. The molecule has 0 aliphatic heterocycles. The zero-order chi connectivity index (χ0) is 34.2. The van der Waals surface area contributed by atoms with Crippen LogP contribution in [0.2, 0.25) is 0 Å². The number of furan rings is 1.